The van der Waals surface area contributed by atoms with E-state index < -0.39 is 24.4 Å². The largest absolute Gasteiger partial charge is 0.394 e. The predicted molar refractivity (Wildman–Crippen MR) is 60.4 cm³/mol. The van der Waals surface area contributed by atoms with Crippen molar-refractivity contribution in [1.82, 2.24) is 19.9 Å². The minimum atomic E-state index is -1.44. The Morgan fingerprint density at radius 3 is 2.78 bits per heavy atom. The van der Waals surface area contributed by atoms with Crippen LogP contribution in [0, 0.1) is 0 Å². The van der Waals surface area contributed by atoms with Crippen molar-refractivity contribution < 1.29 is 15.3 Å². The number of aliphatic hydroxyl groups excluding tert-OH is 3. The lowest BCUT2D eigenvalue weighted by molar-refractivity contribution is -0.0173. The van der Waals surface area contributed by atoms with Crippen molar-refractivity contribution in [1.29, 1.82) is 0 Å². The maximum absolute atomic E-state index is 11.5. The quantitative estimate of drug-likeness (QED) is 0.407. The molecule has 0 radical (unpaired) electrons. The monoisotopic (exact) mass is 253 g/mol. The molecule has 0 saturated heterocycles. The third-order valence-corrected chi connectivity index (χ3v) is 2.31. The van der Waals surface area contributed by atoms with Crippen molar-refractivity contribution in [2.24, 2.45) is 0 Å². The average Bonchev–Trinajstić information content (AvgIpc) is 2.36. The SMILES string of the molecule is Nc1nc2ncc(C(O)[C@H](O)CO)nc2c(=O)[nH]1. The molecule has 18 heavy (non-hydrogen) atoms. The van der Waals surface area contributed by atoms with E-state index in [1.165, 1.54) is 0 Å². The highest BCUT2D eigenvalue weighted by molar-refractivity contribution is 5.69. The lowest BCUT2D eigenvalue weighted by atomic mass is 10.1. The molecule has 0 aliphatic carbocycles. The van der Waals surface area contributed by atoms with Crippen LogP contribution in [-0.4, -0.2) is 48.0 Å². The van der Waals surface area contributed by atoms with Crippen LogP contribution >= 0.6 is 0 Å². The number of nitrogens with two attached hydrogens (primary N) is 1. The van der Waals surface area contributed by atoms with Gasteiger partial charge in [-0.05, 0) is 0 Å². The summed E-state index contributed by atoms with van der Waals surface area (Å²) in [5.74, 6) is -0.0921. The van der Waals surface area contributed by atoms with Crippen LogP contribution in [-0.2, 0) is 0 Å². The second-order valence-electron chi connectivity index (χ2n) is 3.61. The lowest BCUT2D eigenvalue weighted by Gasteiger charge is -2.14. The van der Waals surface area contributed by atoms with E-state index in [0.717, 1.165) is 6.20 Å². The first kappa shape index (κ1) is 12.4. The zero-order chi connectivity index (χ0) is 13.3. The van der Waals surface area contributed by atoms with Gasteiger partial charge < -0.3 is 21.1 Å². The molecule has 2 aromatic heterocycles. The topological polar surface area (TPSA) is 158 Å². The summed E-state index contributed by atoms with van der Waals surface area (Å²) in [6.45, 7) is -0.642. The summed E-state index contributed by atoms with van der Waals surface area (Å²) in [5, 5.41) is 27.6. The van der Waals surface area contributed by atoms with E-state index in [1.54, 1.807) is 0 Å². The van der Waals surface area contributed by atoms with Gasteiger partial charge in [-0.2, -0.15) is 4.98 Å². The Balaban J connectivity index is 2.54. The molecule has 6 N–H and O–H groups in total. The molecule has 9 heteroatoms. The van der Waals surface area contributed by atoms with Crippen LogP contribution in [0.3, 0.4) is 0 Å². The van der Waals surface area contributed by atoms with Gasteiger partial charge >= 0.3 is 0 Å². The Morgan fingerprint density at radius 2 is 2.11 bits per heavy atom. The molecule has 0 amide bonds. The van der Waals surface area contributed by atoms with Gasteiger partial charge in [0.15, 0.2) is 11.2 Å². The number of nitrogens with one attached hydrogen (secondary N) is 1. The number of anilines is 1. The van der Waals surface area contributed by atoms with E-state index in [-0.39, 0.29) is 22.8 Å². The molecule has 9 nitrogen and oxygen atoms in total. The Bertz CT molecular complexity index is 628. The van der Waals surface area contributed by atoms with Crippen LogP contribution in [0.1, 0.15) is 11.8 Å². The number of nitrogen functional groups attached to an aromatic ring is 1. The third-order valence-electron chi connectivity index (χ3n) is 2.31. The molecular weight excluding hydrogens is 242 g/mol. The standard InChI is InChI=1S/C9H11N5O4/c10-9-13-7-5(8(18)14-9)12-3(1-11-7)6(17)4(16)2-15/h1,4,6,15-17H,2H2,(H3,10,11,13,14,18)/t4-,6?/m1/s1. The van der Waals surface area contributed by atoms with Gasteiger partial charge in [0, 0.05) is 0 Å². The number of rotatable bonds is 3. The first-order valence-electron chi connectivity index (χ1n) is 5.02. The summed E-state index contributed by atoms with van der Waals surface area (Å²) in [5.41, 5.74) is 4.62. The first-order valence-corrected chi connectivity index (χ1v) is 5.02. The van der Waals surface area contributed by atoms with E-state index in [9.17, 15) is 15.0 Å². The van der Waals surface area contributed by atoms with Crippen molar-refractivity contribution in [2.75, 3.05) is 12.3 Å². The van der Waals surface area contributed by atoms with E-state index >= 15 is 0 Å². The van der Waals surface area contributed by atoms with Gasteiger partial charge in [0.2, 0.25) is 5.95 Å². The second kappa shape index (κ2) is 4.64. The minimum Gasteiger partial charge on any atom is -0.394 e. The zero-order valence-corrected chi connectivity index (χ0v) is 9.11. The normalized spacial score (nSPS) is 14.6. The molecule has 0 saturated carbocycles. The molecule has 2 atom stereocenters. The zero-order valence-electron chi connectivity index (χ0n) is 9.11. The average molecular weight is 253 g/mol. The molecule has 2 heterocycles. The number of hydrogen-bond acceptors (Lipinski definition) is 8. The number of H-pyrrole nitrogens is 1. The molecule has 0 bridgehead atoms. The highest BCUT2D eigenvalue weighted by atomic mass is 16.4. The van der Waals surface area contributed by atoms with E-state index in [4.69, 9.17) is 10.8 Å². The highest BCUT2D eigenvalue weighted by Gasteiger charge is 2.20. The number of hydrogen-bond donors (Lipinski definition) is 5. The van der Waals surface area contributed by atoms with E-state index in [1.807, 2.05) is 0 Å². The van der Waals surface area contributed by atoms with Gasteiger partial charge in [0.05, 0.1) is 18.5 Å². The van der Waals surface area contributed by atoms with Crippen LogP contribution in [0.2, 0.25) is 0 Å². The fourth-order valence-electron chi connectivity index (χ4n) is 1.39. The number of fused-ring (bicyclic) bond motifs is 1. The molecule has 2 rings (SSSR count). The fourth-order valence-corrected chi connectivity index (χ4v) is 1.39. The fraction of sp³-hybridized carbons (Fsp3) is 0.333. The molecule has 96 valence electrons. The van der Waals surface area contributed by atoms with Gasteiger partial charge in [-0.3, -0.25) is 9.78 Å². The van der Waals surface area contributed by atoms with Crippen molar-refractivity contribution in [2.45, 2.75) is 12.2 Å². The lowest BCUT2D eigenvalue weighted by Crippen LogP contribution is -2.24. The smallest absolute Gasteiger partial charge is 0.280 e. The van der Waals surface area contributed by atoms with Gasteiger partial charge in [0.25, 0.3) is 5.56 Å². The molecule has 2 aromatic rings. The van der Waals surface area contributed by atoms with E-state index in [2.05, 4.69) is 19.9 Å². The summed E-state index contributed by atoms with van der Waals surface area (Å²) in [6.07, 6.45) is -1.70. The molecule has 0 aliphatic rings. The maximum atomic E-state index is 11.5. The summed E-state index contributed by atoms with van der Waals surface area (Å²) in [4.78, 5) is 25.2. The van der Waals surface area contributed by atoms with Crippen LogP contribution < -0.4 is 11.3 Å². The van der Waals surface area contributed by atoms with Gasteiger partial charge in [-0.1, -0.05) is 0 Å². The Labute approximate surface area is 100.0 Å². The Hall–Kier alpha value is -2.10. The minimum absolute atomic E-state index is 0.0330. The first-order chi connectivity index (χ1) is 8.52. The molecule has 0 fully saturated rings. The molecule has 0 spiro atoms. The van der Waals surface area contributed by atoms with Gasteiger partial charge in [-0.25, -0.2) is 9.97 Å². The summed E-state index contributed by atoms with van der Waals surface area (Å²) < 4.78 is 0. The Kier molecular flexibility index (Phi) is 3.19. The molecule has 1 unspecified atom stereocenters. The molecule has 0 aliphatic heterocycles. The van der Waals surface area contributed by atoms with Gasteiger partial charge in [0.1, 0.15) is 12.2 Å². The van der Waals surface area contributed by atoms with Crippen molar-refractivity contribution in [3.05, 3.63) is 22.2 Å². The highest BCUT2D eigenvalue weighted by Crippen LogP contribution is 2.14. The molecular formula is C9H11N5O4. The second-order valence-corrected chi connectivity index (χ2v) is 3.61. The summed E-state index contributed by atoms with van der Waals surface area (Å²) in [6, 6.07) is 0. The van der Waals surface area contributed by atoms with Crippen LogP contribution in [0.15, 0.2) is 11.0 Å². The summed E-state index contributed by atoms with van der Waals surface area (Å²) >= 11 is 0. The van der Waals surface area contributed by atoms with Crippen molar-refractivity contribution in [3.63, 3.8) is 0 Å². The van der Waals surface area contributed by atoms with Crippen LogP contribution in [0.5, 0.6) is 0 Å². The molecule has 0 aromatic carbocycles. The summed E-state index contributed by atoms with van der Waals surface area (Å²) in [7, 11) is 0. The van der Waals surface area contributed by atoms with Crippen LogP contribution in [0.4, 0.5) is 5.95 Å². The van der Waals surface area contributed by atoms with Crippen molar-refractivity contribution >= 4 is 17.1 Å². The Morgan fingerprint density at radius 1 is 1.39 bits per heavy atom. The predicted octanol–water partition coefficient (Wildman–Crippen LogP) is -2.32. The van der Waals surface area contributed by atoms with Crippen molar-refractivity contribution in [3.8, 4) is 0 Å². The maximum Gasteiger partial charge on any atom is 0.280 e. The third kappa shape index (κ3) is 2.14. The number of aromatic amines is 1. The number of aliphatic hydroxyl groups is 3. The van der Waals surface area contributed by atoms with Gasteiger partial charge in [-0.15, -0.1) is 0 Å². The number of nitrogens with zero attached hydrogens (tertiary/aromatic N) is 3. The van der Waals surface area contributed by atoms with E-state index in [0.29, 0.717) is 0 Å². The number of aromatic nitrogens is 4. The van der Waals surface area contributed by atoms with Crippen LogP contribution in [0.25, 0.3) is 11.2 Å².